The van der Waals surface area contributed by atoms with Crippen molar-refractivity contribution in [1.82, 2.24) is 0 Å². The smallest absolute Gasteiger partial charge is 0.119 e. The Balaban J connectivity index is 2.22. The lowest BCUT2D eigenvalue weighted by Crippen LogP contribution is -2.22. The topological polar surface area (TPSA) is 52.3 Å². The Hall–Kier alpha value is -1.13. The molecule has 0 radical (unpaired) electrons. The van der Waals surface area contributed by atoms with Crippen LogP contribution in [0.2, 0.25) is 0 Å². The molecule has 0 amide bonds. The van der Waals surface area contributed by atoms with E-state index in [1.807, 2.05) is 39.0 Å². The average molecular weight is 251 g/mol. The van der Waals surface area contributed by atoms with Gasteiger partial charge in [-0.25, -0.2) is 0 Å². The molecule has 0 fully saturated rings. The van der Waals surface area contributed by atoms with E-state index in [-0.39, 0.29) is 11.3 Å². The maximum atomic E-state index is 6.03. The Labute approximate surface area is 105 Å². The summed E-state index contributed by atoms with van der Waals surface area (Å²) < 4.78 is 11.0. The van der Waals surface area contributed by atoms with Crippen LogP contribution in [-0.2, 0) is 0 Å². The van der Waals surface area contributed by atoms with Crippen molar-refractivity contribution in [2.45, 2.75) is 37.0 Å². The van der Waals surface area contributed by atoms with Gasteiger partial charge in [0.2, 0.25) is 0 Å². The minimum Gasteiger partial charge on any atom is -0.468 e. The van der Waals surface area contributed by atoms with Gasteiger partial charge in [0.1, 0.15) is 17.3 Å². The maximum Gasteiger partial charge on any atom is 0.119 e. The predicted molar refractivity (Wildman–Crippen MR) is 69.1 cm³/mol. The molecule has 4 heteroatoms. The van der Waals surface area contributed by atoms with Crippen molar-refractivity contribution in [3.8, 4) is 0 Å². The van der Waals surface area contributed by atoms with Crippen molar-refractivity contribution in [2.75, 3.05) is 0 Å². The third-order valence-corrected chi connectivity index (χ3v) is 4.18. The molecule has 17 heavy (non-hydrogen) atoms. The van der Waals surface area contributed by atoms with Crippen LogP contribution in [0.5, 0.6) is 0 Å². The van der Waals surface area contributed by atoms with E-state index < -0.39 is 0 Å². The average Bonchev–Trinajstić information content (AvgIpc) is 2.84. The van der Waals surface area contributed by atoms with Gasteiger partial charge in [0.05, 0.1) is 11.5 Å². The van der Waals surface area contributed by atoms with Crippen LogP contribution in [-0.4, -0.2) is 6.04 Å². The molecule has 0 bridgehead atoms. The molecule has 0 spiro atoms. The Kier molecular flexibility index (Phi) is 3.64. The summed E-state index contributed by atoms with van der Waals surface area (Å²) in [4.78, 5) is 1.11. The zero-order valence-corrected chi connectivity index (χ0v) is 11.1. The number of rotatable bonds is 4. The number of aryl methyl sites for hydroxylation is 2. The van der Waals surface area contributed by atoms with E-state index in [0.29, 0.717) is 0 Å². The lowest BCUT2D eigenvalue weighted by Gasteiger charge is -2.17. The third-order valence-electron chi connectivity index (χ3n) is 2.58. The molecule has 0 saturated carbocycles. The molecule has 0 aliphatic heterocycles. The lowest BCUT2D eigenvalue weighted by atomic mass is 10.2. The number of furan rings is 2. The quantitative estimate of drug-likeness (QED) is 0.842. The Bertz CT molecular complexity index is 487. The van der Waals surface area contributed by atoms with Gasteiger partial charge in [-0.3, -0.25) is 0 Å². The molecule has 2 heterocycles. The number of thioether (sulfide) groups is 1. The second-order valence-electron chi connectivity index (χ2n) is 4.19. The van der Waals surface area contributed by atoms with Crippen LogP contribution in [0.4, 0.5) is 0 Å². The summed E-state index contributed by atoms with van der Waals surface area (Å²) in [5.74, 6) is 2.75. The first-order valence-corrected chi connectivity index (χ1v) is 6.48. The van der Waals surface area contributed by atoms with Crippen molar-refractivity contribution in [3.63, 3.8) is 0 Å². The molecule has 2 aromatic heterocycles. The molecule has 2 atom stereocenters. The fourth-order valence-corrected chi connectivity index (χ4v) is 2.74. The summed E-state index contributed by atoms with van der Waals surface area (Å²) >= 11 is 1.68. The third kappa shape index (κ3) is 2.76. The number of hydrogen-bond donors (Lipinski definition) is 1. The summed E-state index contributed by atoms with van der Waals surface area (Å²) in [5, 5.41) is 0.111. The molecule has 3 nitrogen and oxygen atoms in total. The van der Waals surface area contributed by atoms with Crippen LogP contribution in [0.25, 0.3) is 0 Å². The highest BCUT2D eigenvalue weighted by atomic mass is 32.2. The van der Waals surface area contributed by atoms with E-state index in [0.717, 1.165) is 22.2 Å². The minimum absolute atomic E-state index is 0.0137. The molecule has 0 aromatic carbocycles. The van der Waals surface area contributed by atoms with Crippen molar-refractivity contribution in [2.24, 2.45) is 5.73 Å². The minimum atomic E-state index is 0.0137. The first-order valence-electron chi connectivity index (χ1n) is 5.60. The van der Waals surface area contributed by atoms with Crippen LogP contribution in [0, 0.1) is 13.8 Å². The number of hydrogen-bond acceptors (Lipinski definition) is 4. The summed E-state index contributed by atoms with van der Waals surface area (Å²) in [7, 11) is 0. The Morgan fingerprint density at radius 3 is 2.47 bits per heavy atom. The van der Waals surface area contributed by atoms with E-state index in [4.69, 9.17) is 14.6 Å². The summed E-state index contributed by atoms with van der Waals surface area (Å²) in [6, 6.07) is 5.93. The van der Waals surface area contributed by atoms with Gasteiger partial charge in [-0.1, -0.05) is 0 Å². The van der Waals surface area contributed by atoms with Gasteiger partial charge in [-0.2, -0.15) is 0 Å². The summed E-state index contributed by atoms with van der Waals surface area (Å²) in [5.41, 5.74) is 6.03. The Morgan fingerprint density at radius 1 is 1.24 bits per heavy atom. The molecule has 0 saturated heterocycles. The highest BCUT2D eigenvalue weighted by molar-refractivity contribution is 7.99. The zero-order chi connectivity index (χ0) is 12.4. The van der Waals surface area contributed by atoms with Gasteiger partial charge < -0.3 is 14.6 Å². The molecule has 0 aliphatic rings. The molecule has 2 rings (SSSR count). The second-order valence-corrected chi connectivity index (χ2v) is 5.37. The van der Waals surface area contributed by atoms with Crippen LogP contribution >= 0.6 is 11.8 Å². The van der Waals surface area contributed by atoms with Crippen molar-refractivity contribution in [3.05, 3.63) is 41.7 Å². The van der Waals surface area contributed by atoms with Crippen molar-refractivity contribution >= 4 is 11.8 Å². The van der Waals surface area contributed by atoms with Gasteiger partial charge in [-0.15, -0.1) is 11.8 Å². The maximum absolute atomic E-state index is 6.03. The first-order chi connectivity index (χ1) is 8.08. The van der Waals surface area contributed by atoms with E-state index in [2.05, 4.69) is 0 Å². The van der Waals surface area contributed by atoms with E-state index in [1.165, 1.54) is 0 Å². The highest BCUT2D eigenvalue weighted by Crippen LogP contribution is 2.39. The summed E-state index contributed by atoms with van der Waals surface area (Å²) in [6.45, 7) is 5.88. The lowest BCUT2D eigenvalue weighted by molar-refractivity contribution is 0.464. The first kappa shape index (κ1) is 12.3. The van der Waals surface area contributed by atoms with Gasteiger partial charge in [0, 0.05) is 10.9 Å². The Morgan fingerprint density at radius 2 is 2.00 bits per heavy atom. The van der Waals surface area contributed by atoms with E-state index in [1.54, 1.807) is 18.0 Å². The normalized spacial score (nSPS) is 14.8. The summed E-state index contributed by atoms with van der Waals surface area (Å²) in [6.07, 6.45) is 1.70. The SMILES string of the molecule is Cc1ccc(C(Sc2ccoc2C)C(C)N)o1. The van der Waals surface area contributed by atoms with Crippen molar-refractivity contribution in [1.29, 1.82) is 0 Å². The van der Waals surface area contributed by atoms with E-state index >= 15 is 0 Å². The largest absolute Gasteiger partial charge is 0.468 e. The molecule has 2 N–H and O–H groups in total. The highest BCUT2D eigenvalue weighted by Gasteiger charge is 2.22. The van der Waals surface area contributed by atoms with Gasteiger partial charge in [-0.05, 0) is 39.0 Å². The van der Waals surface area contributed by atoms with E-state index in [9.17, 15) is 0 Å². The molecule has 0 aliphatic carbocycles. The molecular formula is C13H17NO2S. The fraction of sp³-hybridized carbons (Fsp3) is 0.385. The molecular weight excluding hydrogens is 234 g/mol. The van der Waals surface area contributed by atoms with Gasteiger partial charge in [0.25, 0.3) is 0 Å². The van der Waals surface area contributed by atoms with Crippen LogP contribution in [0.1, 0.15) is 29.5 Å². The zero-order valence-electron chi connectivity index (χ0n) is 10.3. The van der Waals surface area contributed by atoms with Crippen LogP contribution in [0.3, 0.4) is 0 Å². The monoisotopic (exact) mass is 251 g/mol. The fourth-order valence-electron chi connectivity index (χ4n) is 1.66. The van der Waals surface area contributed by atoms with Crippen LogP contribution < -0.4 is 5.73 Å². The predicted octanol–water partition coefficient (Wildman–Crippen LogP) is 3.67. The molecule has 2 unspecified atom stereocenters. The van der Waals surface area contributed by atoms with Crippen molar-refractivity contribution < 1.29 is 8.83 Å². The number of nitrogens with two attached hydrogens (primary N) is 1. The standard InChI is InChI=1S/C13H17NO2S/c1-8-4-5-11(16-8)13(9(2)14)17-12-6-7-15-10(12)3/h4-7,9,13H,14H2,1-3H3. The molecule has 92 valence electrons. The molecule has 2 aromatic rings. The van der Waals surface area contributed by atoms with Gasteiger partial charge in [0.15, 0.2) is 0 Å². The second kappa shape index (κ2) is 5.02. The van der Waals surface area contributed by atoms with Crippen LogP contribution in [0.15, 0.2) is 38.2 Å². The van der Waals surface area contributed by atoms with Gasteiger partial charge >= 0.3 is 0 Å².